The molecule has 0 saturated heterocycles. The first-order valence-electron chi connectivity index (χ1n) is 9.31. The van der Waals surface area contributed by atoms with E-state index in [4.69, 9.17) is 9.47 Å². The van der Waals surface area contributed by atoms with Crippen molar-refractivity contribution in [3.8, 4) is 23.3 Å². The molecular weight excluding hydrogens is 350 g/mol. The number of carbonyl (C=O) groups is 1. The molecule has 0 spiro atoms. The van der Waals surface area contributed by atoms with Crippen molar-refractivity contribution < 1.29 is 14.3 Å². The molecule has 0 aliphatic heterocycles. The zero-order valence-electron chi connectivity index (χ0n) is 15.9. The van der Waals surface area contributed by atoms with Gasteiger partial charge in [-0.1, -0.05) is 60.4 Å². The maximum absolute atomic E-state index is 12.0. The molecule has 0 aliphatic carbocycles. The first kappa shape index (κ1) is 19.3. The lowest BCUT2D eigenvalue weighted by Crippen LogP contribution is -2.25. The molecule has 0 aliphatic rings. The number of benzene rings is 3. The average molecular weight is 373 g/mol. The van der Waals surface area contributed by atoms with Crippen molar-refractivity contribution in [3.63, 3.8) is 0 Å². The molecule has 4 heteroatoms. The van der Waals surface area contributed by atoms with Crippen molar-refractivity contribution in [2.45, 2.75) is 13.3 Å². The highest BCUT2D eigenvalue weighted by Crippen LogP contribution is 2.24. The molecule has 0 heterocycles. The predicted octanol–water partition coefficient (Wildman–Crippen LogP) is 3.98. The Kier molecular flexibility index (Phi) is 6.92. The van der Waals surface area contributed by atoms with Gasteiger partial charge >= 0.3 is 0 Å². The van der Waals surface area contributed by atoms with Crippen LogP contribution < -0.4 is 14.8 Å². The summed E-state index contributed by atoms with van der Waals surface area (Å²) >= 11 is 0. The van der Waals surface area contributed by atoms with Crippen molar-refractivity contribution in [3.05, 3.63) is 72.3 Å². The topological polar surface area (TPSA) is 47.6 Å². The summed E-state index contributed by atoms with van der Waals surface area (Å²) in [4.78, 5) is 12.0. The standard InChI is InChI=1S/C24H23NO3/c1-2-27-21-14-12-19(13-15-21)18-24(26)25-16-5-6-17-28-23-11-7-9-20-8-3-4-10-22(20)23/h3-4,7-15H,2,16-18H2,1H3,(H,25,26). The quantitative estimate of drug-likeness (QED) is 0.637. The molecule has 0 radical (unpaired) electrons. The number of carbonyl (C=O) groups excluding carboxylic acids is 1. The van der Waals surface area contributed by atoms with E-state index < -0.39 is 0 Å². The minimum absolute atomic E-state index is 0.0616. The molecule has 1 amide bonds. The summed E-state index contributed by atoms with van der Waals surface area (Å²) < 4.78 is 11.1. The monoisotopic (exact) mass is 373 g/mol. The van der Waals surface area contributed by atoms with E-state index >= 15 is 0 Å². The molecule has 0 saturated carbocycles. The Bertz CT molecular complexity index is 979. The maximum Gasteiger partial charge on any atom is 0.225 e. The predicted molar refractivity (Wildman–Crippen MR) is 112 cm³/mol. The van der Waals surface area contributed by atoms with E-state index in [2.05, 4.69) is 17.2 Å². The average Bonchev–Trinajstić information content (AvgIpc) is 2.72. The summed E-state index contributed by atoms with van der Waals surface area (Å²) in [6, 6.07) is 21.5. The molecule has 0 bridgehead atoms. The van der Waals surface area contributed by atoms with Crippen LogP contribution in [0.4, 0.5) is 0 Å². The van der Waals surface area contributed by atoms with Gasteiger partial charge in [0.1, 0.15) is 18.1 Å². The summed E-state index contributed by atoms with van der Waals surface area (Å²) in [5.41, 5.74) is 0.938. The van der Waals surface area contributed by atoms with Crippen LogP contribution in [0.25, 0.3) is 10.8 Å². The van der Waals surface area contributed by atoms with Crippen molar-refractivity contribution >= 4 is 16.7 Å². The second-order valence-electron chi connectivity index (χ2n) is 6.15. The number of hydrogen-bond acceptors (Lipinski definition) is 3. The summed E-state index contributed by atoms with van der Waals surface area (Å²) in [7, 11) is 0. The van der Waals surface area contributed by atoms with Crippen LogP contribution in [0.15, 0.2) is 66.7 Å². The summed E-state index contributed by atoms with van der Waals surface area (Å²) in [6.07, 6.45) is 0.320. The SMILES string of the molecule is CCOc1ccc(CC(=O)NCC#CCOc2cccc3ccccc23)cc1. The first-order valence-corrected chi connectivity index (χ1v) is 9.31. The fraction of sp³-hybridized carbons (Fsp3) is 0.208. The van der Waals surface area contributed by atoms with Gasteiger partial charge in [0.15, 0.2) is 0 Å². The van der Waals surface area contributed by atoms with E-state index in [-0.39, 0.29) is 12.5 Å². The van der Waals surface area contributed by atoms with Gasteiger partial charge in [0.2, 0.25) is 5.91 Å². The smallest absolute Gasteiger partial charge is 0.225 e. The van der Waals surface area contributed by atoms with Crippen molar-refractivity contribution in [2.75, 3.05) is 19.8 Å². The van der Waals surface area contributed by atoms with Gasteiger partial charge in [0.05, 0.1) is 19.6 Å². The van der Waals surface area contributed by atoms with Crippen molar-refractivity contribution in [1.29, 1.82) is 0 Å². The van der Waals surface area contributed by atoms with Crippen molar-refractivity contribution in [1.82, 2.24) is 5.32 Å². The van der Waals surface area contributed by atoms with Gasteiger partial charge < -0.3 is 14.8 Å². The van der Waals surface area contributed by atoms with Crippen LogP contribution in [0, 0.1) is 11.8 Å². The number of nitrogens with one attached hydrogen (secondary N) is 1. The Morgan fingerprint density at radius 1 is 0.929 bits per heavy atom. The molecule has 3 aromatic carbocycles. The lowest BCUT2D eigenvalue weighted by molar-refractivity contribution is -0.120. The van der Waals surface area contributed by atoms with Gasteiger partial charge in [0, 0.05) is 5.39 Å². The Morgan fingerprint density at radius 2 is 1.71 bits per heavy atom. The van der Waals surface area contributed by atoms with Crippen LogP contribution in [0.5, 0.6) is 11.5 Å². The first-order chi connectivity index (χ1) is 13.8. The molecule has 0 aromatic heterocycles. The largest absolute Gasteiger partial charge is 0.494 e. The highest BCUT2D eigenvalue weighted by molar-refractivity contribution is 5.88. The number of rotatable bonds is 7. The lowest BCUT2D eigenvalue weighted by atomic mass is 10.1. The third kappa shape index (κ3) is 5.52. The van der Waals surface area contributed by atoms with Crippen LogP contribution in [0.2, 0.25) is 0 Å². The highest BCUT2D eigenvalue weighted by atomic mass is 16.5. The Labute approximate surface area is 165 Å². The third-order valence-electron chi connectivity index (χ3n) is 4.15. The minimum Gasteiger partial charge on any atom is -0.494 e. The van der Waals surface area contributed by atoms with Gasteiger partial charge in [-0.2, -0.15) is 0 Å². The van der Waals surface area contributed by atoms with Crippen LogP contribution >= 0.6 is 0 Å². The molecule has 0 atom stereocenters. The van der Waals surface area contributed by atoms with Gasteiger partial charge in [-0.3, -0.25) is 4.79 Å². The molecule has 1 N–H and O–H groups in total. The molecule has 4 nitrogen and oxygen atoms in total. The fourth-order valence-electron chi connectivity index (χ4n) is 2.81. The van der Waals surface area contributed by atoms with Crippen LogP contribution in [0.3, 0.4) is 0 Å². The van der Waals surface area contributed by atoms with Crippen molar-refractivity contribution in [2.24, 2.45) is 0 Å². The molecule has 3 aromatic rings. The molecular formula is C24H23NO3. The third-order valence-corrected chi connectivity index (χ3v) is 4.15. The number of ether oxygens (including phenoxy) is 2. The minimum atomic E-state index is -0.0616. The lowest BCUT2D eigenvalue weighted by Gasteiger charge is -2.06. The zero-order chi connectivity index (χ0) is 19.6. The van der Waals surface area contributed by atoms with E-state index in [9.17, 15) is 4.79 Å². The Hall–Kier alpha value is -3.45. The number of hydrogen-bond donors (Lipinski definition) is 1. The van der Waals surface area contributed by atoms with Gasteiger partial charge in [-0.05, 0) is 36.1 Å². The highest BCUT2D eigenvalue weighted by Gasteiger charge is 2.02. The Balaban J connectivity index is 1.41. The molecule has 0 unspecified atom stereocenters. The van der Waals surface area contributed by atoms with E-state index in [1.807, 2.05) is 73.7 Å². The molecule has 28 heavy (non-hydrogen) atoms. The number of fused-ring (bicyclic) bond motifs is 1. The van der Waals surface area contributed by atoms with Crippen LogP contribution in [-0.2, 0) is 11.2 Å². The summed E-state index contributed by atoms with van der Waals surface area (Å²) in [5.74, 6) is 7.41. The summed E-state index contributed by atoms with van der Waals surface area (Å²) in [6.45, 7) is 3.15. The van der Waals surface area contributed by atoms with Crippen LogP contribution in [0.1, 0.15) is 12.5 Å². The second-order valence-corrected chi connectivity index (χ2v) is 6.15. The summed E-state index contributed by atoms with van der Waals surface area (Å²) in [5, 5.41) is 5.00. The Morgan fingerprint density at radius 3 is 2.54 bits per heavy atom. The van der Waals surface area contributed by atoms with E-state index in [0.29, 0.717) is 19.6 Å². The normalized spacial score (nSPS) is 10.0. The van der Waals surface area contributed by atoms with E-state index in [1.54, 1.807) is 0 Å². The molecule has 0 fully saturated rings. The zero-order valence-corrected chi connectivity index (χ0v) is 15.9. The maximum atomic E-state index is 12.0. The molecule has 142 valence electrons. The van der Waals surface area contributed by atoms with Gasteiger partial charge in [0.25, 0.3) is 0 Å². The number of amides is 1. The van der Waals surface area contributed by atoms with E-state index in [1.165, 1.54) is 0 Å². The van der Waals surface area contributed by atoms with Crippen LogP contribution in [-0.4, -0.2) is 25.7 Å². The fourth-order valence-corrected chi connectivity index (χ4v) is 2.81. The van der Waals surface area contributed by atoms with Gasteiger partial charge in [-0.15, -0.1) is 0 Å². The van der Waals surface area contributed by atoms with E-state index in [0.717, 1.165) is 27.8 Å². The van der Waals surface area contributed by atoms with Gasteiger partial charge in [-0.25, -0.2) is 0 Å². The second kappa shape index (κ2) is 10.0. The molecule has 3 rings (SSSR count).